The third kappa shape index (κ3) is 5.90. The lowest BCUT2D eigenvalue weighted by Crippen LogP contribution is -2.55. The summed E-state index contributed by atoms with van der Waals surface area (Å²) in [5.41, 5.74) is 0.946. The molecule has 1 rings (SSSR count). The van der Waals surface area contributed by atoms with Gasteiger partial charge in [-0.1, -0.05) is 41.5 Å². The van der Waals surface area contributed by atoms with Crippen LogP contribution in [0.25, 0.3) is 0 Å². The summed E-state index contributed by atoms with van der Waals surface area (Å²) in [5, 5.41) is 3.75. The maximum absolute atomic E-state index is 6.38. The quantitative estimate of drug-likeness (QED) is 0.700. The average molecular weight is 298 g/mol. The molecule has 1 unspecified atom stereocenters. The maximum Gasteiger partial charge on any atom is 0.0834 e. The van der Waals surface area contributed by atoms with Crippen molar-refractivity contribution in [2.45, 2.75) is 98.6 Å². The highest BCUT2D eigenvalue weighted by Crippen LogP contribution is 2.45. The van der Waals surface area contributed by atoms with Gasteiger partial charge in [-0.3, -0.25) is 0 Å². The van der Waals surface area contributed by atoms with E-state index in [2.05, 4.69) is 53.8 Å². The van der Waals surface area contributed by atoms with E-state index in [4.69, 9.17) is 4.74 Å². The molecule has 0 aliphatic heterocycles. The highest BCUT2D eigenvalue weighted by atomic mass is 16.5. The van der Waals surface area contributed by atoms with Gasteiger partial charge >= 0.3 is 0 Å². The normalized spacial score (nSPS) is 23.0. The van der Waals surface area contributed by atoms with E-state index in [1.54, 1.807) is 0 Å². The van der Waals surface area contributed by atoms with Crippen molar-refractivity contribution in [2.24, 2.45) is 10.8 Å². The first-order valence-electron chi connectivity index (χ1n) is 9.01. The molecule has 0 spiro atoms. The minimum atomic E-state index is 0.0610. The minimum absolute atomic E-state index is 0.0610. The molecule has 126 valence electrons. The number of rotatable bonds is 7. The fourth-order valence-corrected chi connectivity index (χ4v) is 3.61. The molecule has 0 aromatic carbocycles. The third-order valence-corrected chi connectivity index (χ3v) is 5.15. The molecule has 1 aliphatic carbocycles. The third-order valence-electron chi connectivity index (χ3n) is 5.15. The molecule has 0 aromatic heterocycles. The zero-order valence-electron chi connectivity index (χ0n) is 15.6. The first kappa shape index (κ1) is 19.0. The molecule has 1 aliphatic rings. The zero-order chi connectivity index (χ0) is 16.1. The molecule has 1 N–H and O–H groups in total. The highest BCUT2D eigenvalue weighted by Gasteiger charge is 2.44. The Bertz CT molecular complexity index is 293. The Balaban J connectivity index is 2.82. The van der Waals surface area contributed by atoms with Crippen molar-refractivity contribution >= 4 is 0 Å². The fourth-order valence-electron chi connectivity index (χ4n) is 3.61. The Morgan fingerprint density at radius 2 is 1.62 bits per heavy atom. The smallest absolute Gasteiger partial charge is 0.0834 e. The van der Waals surface area contributed by atoms with Gasteiger partial charge in [0.2, 0.25) is 0 Å². The molecule has 21 heavy (non-hydrogen) atoms. The van der Waals surface area contributed by atoms with Crippen molar-refractivity contribution in [3.63, 3.8) is 0 Å². The van der Waals surface area contributed by atoms with Crippen LogP contribution >= 0.6 is 0 Å². The van der Waals surface area contributed by atoms with Crippen LogP contribution in [0.1, 0.15) is 87.0 Å². The standard InChI is InChI=1S/C19H39NO/c1-8-20-16(10-11-17(3,4)5)19(21-9-2)14-12-18(6,7)13-15-19/h16,20H,8-15H2,1-7H3. The van der Waals surface area contributed by atoms with Crippen LogP contribution in [-0.4, -0.2) is 24.8 Å². The molecule has 1 saturated carbocycles. The van der Waals surface area contributed by atoms with E-state index in [0.29, 0.717) is 16.9 Å². The van der Waals surface area contributed by atoms with Gasteiger partial charge in [0, 0.05) is 12.6 Å². The predicted octanol–water partition coefficient (Wildman–Crippen LogP) is 5.17. The summed E-state index contributed by atoms with van der Waals surface area (Å²) < 4.78 is 6.38. The van der Waals surface area contributed by atoms with Crippen molar-refractivity contribution in [1.29, 1.82) is 0 Å². The Labute approximate surface area is 133 Å². The van der Waals surface area contributed by atoms with Crippen LogP contribution in [0.4, 0.5) is 0 Å². The molecule has 1 atom stereocenters. The Morgan fingerprint density at radius 3 is 2.05 bits per heavy atom. The lowest BCUT2D eigenvalue weighted by atomic mass is 9.67. The summed E-state index contributed by atoms with van der Waals surface area (Å²) in [7, 11) is 0. The second-order valence-electron chi connectivity index (χ2n) is 8.87. The van der Waals surface area contributed by atoms with Crippen LogP contribution in [-0.2, 0) is 4.74 Å². The maximum atomic E-state index is 6.38. The van der Waals surface area contributed by atoms with Crippen LogP contribution in [0.2, 0.25) is 0 Å². The lowest BCUT2D eigenvalue weighted by molar-refractivity contribution is -0.109. The van der Waals surface area contributed by atoms with Crippen LogP contribution in [0.15, 0.2) is 0 Å². The Morgan fingerprint density at radius 1 is 1.05 bits per heavy atom. The van der Waals surface area contributed by atoms with Crippen molar-refractivity contribution in [1.82, 2.24) is 5.32 Å². The summed E-state index contributed by atoms with van der Waals surface area (Å²) in [6.07, 6.45) is 7.45. The second kappa shape index (κ2) is 7.46. The fraction of sp³-hybridized carbons (Fsp3) is 1.00. The van der Waals surface area contributed by atoms with E-state index < -0.39 is 0 Å². The van der Waals surface area contributed by atoms with Crippen molar-refractivity contribution < 1.29 is 4.74 Å². The van der Waals surface area contributed by atoms with E-state index in [1.807, 2.05) is 0 Å². The van der Waals surface area contributed by atoms with E-state index in [1.165, 1.54) is 38.5 Å². The summed E-state index contributed by atoms with van der Waals surface area (Å²) in [4.78, 5) is 0. The van der Waals surface area contributed by atoms with Gasteiger partial charge in [-0.15, -0.1) is 0 Å². The summed E-state index contributed by atoms with van der Waals surface area (Å²) in [6.45, 7) is 18.1. The Hall–Kier alpha value is -0.0800. The molecule has 2 heteroatoms. The van der Waals surface area contributed by atoms with Crippen molar-refractivity contribution in [2.75, 3.05) is 13.2 Å². The largest absolute Gasteiger partial charge is 0.374 e. The molecule has 0 aromatic rings. The molecule has 1 fully saturated rings. The first-order chi connectivity index (χ1) is 9.64. The van der Waals surface area contributed by atoms with Crippen LogP contribution in [0.5, 0.6) is 0 Å². The monoisotopic (exact) mass is 297 g/mol. The number of nitrogens with one attached hydrogen (secondary N) is 1. The number of likely N-dealkylation sites (N-methyl/N-ethyl adjacent to an activating group) is 1. The summed E-state index contributed by atoms with van der Waals surface area (Å²) in [6, 6.07) is 0.498. The number of hydrogen-bond donors (Lipinski definition) is 1. The topological polar surface area (TPSA) is 21.3 Å². The van der Waals surface area contributed by atoms with E-state index >= 15 is 0 Å². The molecular formula is C19H39NO. The summed E-state index contributed by atoms with van der Waals surface area (Å²) in [5.74, 6) is 0. The van der Waals surface area contributed by atoms with Gasteiger partial charge in [-0.25, -0.2) is 0 Å². The van der Waals surface area contributed by atoms with Crippen molar-refractivity contribution in [3.05, 3.63) is 0 Å². The van der Waals surface area contributed by atoms with Gasteiger partial charge in [-0.05, 0) is 62.8 Å². The van der Waals surface area contributed by atoms with Gasteiger partial charge in [0.25, 0.3) is 0 Å². The van der Waals surface area contributed by atoms with Crippen LogP contribution < -0.4 is 5.32 Å². The zero-order valence-corrected chi connectivity index (χ0v) is 15.6. The molecule has 0 saturated heterocycles. The van der Waals surface area contributed by atoms with Crippen molar-refractivity contribution in [3.8, 4) is 0 Å². The molecule has 0 bridgehead atoms. The van der Waals surface area contributed by atoms with Gasteiger partial charge in [0.15, 0.2) is 0 Å². The molecule has 2 nitrogen and oxygen atoms in total. The minimum Gasteiger partial charge on any atom is -0.374 e. The number of hydrogen-bond acceptors (Lipinski definition) is 2. The number of ether oxygens (including phenoxy) is 1. The predicted molar refractivity (Wildman–Crippen MR) is 92.8 cm³/mol. The van der Waals surface area contributed by atoms with E-state index in [9.17, 15) is 0 Å². The molecule has 0 amide bonds. The van der Waals surface area contributed by atoms with Gasteiger partial charge in [0.1, 0.15) is 0 Å². The van der Waals surface area contributed by atoms with E-state index in [0.717, 1.165) is 13.2 Å². The van der Waals surface area contributed by atoms with Gasteiger partial charge in [-0.2, -0.15) is 0 Å². The van der Waals surface area contributed by atoms with E-state index in [-0.39, 0.29) is 5.60 Å². The van der Waals surface area contributed by atoms with Crippen LogP contribution in [0.3, 0.4) is 0 Å². The van der Waals surface area contributed by atoms with Gasteiger partial charge < -0.3 is 10.1 Å². The van der Waals surface area contributed by atoms with Gasteiger partial charge in [0.05, 0.1) is 5.60 Å². The Kier molecular flexibility index (Phi) is 6.74. The highest BCUT2D eigenvalue weighted by molar-refractivity contribution is 4.99. The summed E-state index contributed by atoms with van der Waals surface area (Å²) >= 11 is 0. The SMILES string of the molecule is CCNC(CCC(C)(C)C)C1(OCC)CCC(C)(C)CC1. The molecular weight excluding hydrogens is 258 g/mol. The molecule has 0 radical (unpaired) electrons. The molecule has 0 heterocycles. The average Bonchev–Trinajstić information content (AvgIpc) is 2.37. The first-order valence-corrected chi connectivity index (χ1v) is 9.01. The second-order valence-corrected chi connectivity index (χ2v) is 8.87. The lowest BCUT2D eigenvalue weighted by Gasteiger charge is -2.48. The van der Waals surface area contributed by atoms with Crippen LogP contribution in [0, 0.1) is 10.8 Å².